The minimum absolute atomic E-state index is 0.0327. The number of aliphatic carboxylic acids is 1. The van der Waals surface area contributed by atoms with Crippen molar-refractivity contribution >= 4 is 17.6 Å². The van der Waals surface area contributed by atoms with Crippen LogP contribution in [0.1, 0.15) is 10.5 Å². The third kappa shape index (κ3) is 3.08. The number of anilines is 1. The van der Waals surface area contributed by atoms with Gasteiger partial charge in [-0.05, 0) is 12.1 Å². The molecule has 2 aromatic rings. The molecule has 20 heavy (non-hydrogen) atoms. The Morgan fingerprint density at radius 1 is 1.25 bits per heavy atom. The molecule has 2 rings (SSSR count). The number of aromatic amines is 1. The summed E-state index contributed by atoms with van der Waals surface area (Å²) in [6.07, 6.45) is 2.12. The lowest BCUT2D eigenvalue weighted by Crippen LogP contribution is -2.36. The number of H-pyrrole nitrogens is 1. The van der Waals surface area contributed by atoms with Gasteiger partial charge < -0.3 is 10.1 Å². The number of carboxylic acid groups (broad SMARTS) is 1. The summed E-state index contributed by atoms with van der Waals surface area (Å²) in [5.74, 6) is -1.75. The summed E-state index contributed by atoms with van der Waals surface area (Å²) < 4.78 is 0. The van der Waals surface area contributed by atoms with Crippen LogP contribution in [-0.4, -0.2) is 33.5 Å². The average molecular weight is 273 g/mol. The molecule has 0 atom stereocenters. The third-order valence-electron chi connectivity index (χ3n) is 2.50. The standard InChI is InChI=1S/C13H11N3O4/c17-11-7-14-10(6-15-11)13(20)16(8-12(18)19)9-4-2-1-3-5-9/h1-7H,8H2,(H,15,17)(H,18,19). The Bertz CT molecular complexity index is 661. The molecule has 2 N–H and O–H groups in total. The number of benzene rings is 1. The van der Waals surface area contributed by atoms with Gasteiger partial charge in [0, 0.05) is 11.9 Å². The molecule has 7 nitrogen and oxygen atoms in total. The van der Waals surface area contributed by atoms with Crippen LogP contribution >= 0.6 is 0 Å². The lowest BCUT2D eigenvalue weighted by molar-refractivity contribution is -0.135. The molecule has 0 bridgehead atoms. The highest BCUT2D eigenvalue weighted by Gasteiger charge is 2.21. The van der Waals surface area contributed by atoms with Crippen molar-refractivity contribution < 1.29 is 14.7 Å². The molecule has 0 aliphatic carbocycles. The van der Waals surface area contributed by atoms with Crippen molar-refractivity contribution in [2.45, 2.75) is 0 Å². The van der Waals surface area contributed by atoms with Crippen LogP contribution < -0.4 is 10.5 Å². The summed E-state index contributed by atoms with van der Waals surface area (Å²) in [6.45, 7) is -0.496. The third-order valence-corrected chi connectivity index (χ3v) is 2.50. The van der Waals surface area contributed by atoms with Crippen molar-refractivity contribution in [1.29, 1.82) is 0 Å². The zero-order valence-electron chi connectivity index (χ0n) is 10.3. The van der Waals surface area contributed by atoms with Crippen molar-refractivity contribution in [2.75, 3.05) is 11.4 Å². The molecule has 0 aliphatic rings. The van der Waals surface area contributed by atoms with E-state index in [-0.39, 0.29) is 5.69 Å². The van der Waals surface area contributed by atoms with E-state index < -0.39 is 24.0 Å². The topological polar surface area (TPSA) is 103 Å². The second-order valence-corrected chi connectivity index (χ2v) is 3.92. The smallest absolute Gasteiger partial charge is 0.323 e. The van der Waals surface area contributed by atoms with Gasteiger partial charge >= 0.3 is 5.97 Å². The Labute approximate surface area is 113 Å². The molecule has 0 spiro atoms. The Kier molecular flexibility index (Phi) is 3.90. The first-order valence-corrected chi connectivity index (χ1v) is 5.71. The van der Waals surface area contributed by atoms with Crippen molar-refractivity contribution in [1.82, 2.24) is 9.97 Å². The van der Waals surface area contributed by atoms with Gasteiger partial charge in [0.1, 0.15) is 12.2 Å². The largest absolute Gasteiger partial charge is 0.480 e. The first kappa shape index (κ1) is 13.5. The van der Waals surface area contributed by atoms with E-state index in [1.807, 2.05) is 0 Å². The summed E-state index contributed by atoms with van der Waals surface area (Å²) in [5, 5.41) is 8.91. The first-order valence-electron chi connectivity index (χ1n) is 5.71. The predicted molar refractivity (Wildman–Crippen MR) is 70.6 cm³/mol. The summed E-state index contributed by atoms with van der Waals surface area (Å²) in [6, 6.07) is 8.37. The highest BCUT2D eigenvalue weighted by molar-refractivity contribution is 6.06. The van der Waals surface area contributed by atoms with Crippen LogP contribution in [0.2, 0.25) is 0 Å². The van der Waals surface area contributed by atoms with E-state index in [9.17, 15) is 14.4 Å². The summed E-state index contributed by atoms with van der Waals surface area (Å²) in [7, 11) is 0. The molecule has 1 aromatic carbocycles. The highest BCUT2D eigenvalue weighted by Crippen LogP contribution is 2.15. The van der Waals surface area contributed by atoms with E-state index in [1.165, 1.54) is 0 Å². The number of hydrogen-bond donors (Lipinski definition) is 2. The predicted octanol–water partition coefficient (Wildman–Crippen LogP) is 0.501. The molecule has 0 fully saturated rings. The Hall–Kier alpha value is -2.96. The van der Waals surface area contributed by atoms with E-state index >= 15 is 0 Å². The molecule has 0 radical (unpaired) electrons. The molecule has 7 heteroatoms. The van der Waals surface area contributed by atoms with Crippen LogP contribution in [0.5, 0.6) is 0 Å². The molecule has 1 heterocycles. The normalized spacial score (nSPS) is 10.0. The van der Waals surface area contributed by atoms with Gasteiger partial charge in [0.25, 0.3) is 11.5 Å². The summed E-state index contributed by atoms with van der Waals surface area (Å²) in [5.41, 5.74) is -0.0337. The van der Waals surface area contributed by atoms with Gasteiger partial charge in [-0.15, -0.1) is 0 Å². The monoisotopic (exact) mass is 273 g/mol. The fourth-order valence-corrected chi connectivity index (χ4v) is 1.62. The van der Waals surface area contributed by atoms with Gasteiger partial charge in [0.2, 0.25) is 0 Å². The maximum Gasteiger partial charge on any atom is 0.323 e. The van der Waals surface area contributed by atoms with Gasteiger partial charge in [-0.3, -0.25) is 19.3 Å². The Balaban J connectivity index is 2.36. The maximum atomic E-state index is 12.3. The van der Waals surface area contributed by atoms with Crippen LogP contribution in [0.15, 0.2) is 47.5 Å². The lowest BCUT2D eigenvalue weighted by Gasteiger charge is -2.20. The first-order chi connectivity index (χ1) is 9.58. The van der Waals surface area contributed by atoms with Crippen molar-refractivity contribution in [3.63, 3.8) is 0 Å². The maximum absolute atomic E-state index is 12.3. The van der Waals surface area contributed by atoms with Crippen LogP contribution in [0.3, 0.4) is 0 Å². The number of carbonyl (C=O) groups is 2. The van der Waals surface area contributed by atoms with Crippen LogP contribution in [0.4, 0.5) is 5.69 Å². The second kappa shape index (κ2) is 5.79. The number of hydrogen-bond acceptors (Lipinski definition) is 4. The molecule has 1 amide bonds. The molecule has 0 unspecified atom stereocenters. The van der Waals surface area contributed by atoms with Gasteiger partial charge in [0.05, 0.1) is 6.20 Å². The Morgan fingerprint density at radius 2 is 1.95 bits per heavy atom. The number of carbonyl (C=O) groups excluding carboxylic acids is 1. The molecular weight excluding hydrogens is 262 g/mol. The summed E-state index contributed by atoms with van der Waals surface area (Å²) >= 11 is 0. The van der Waals surface area contributed by atoms with E-state index in [0.29, 0.717) is 5.69 Å². The molecule has 0 aliphatic heterocycles. The lowest BCUT2D eigenvalue weighted by atomic mass is 10.2. The minimum atomic E-state index is -1.15. The number of nitrogens with one attached hydrogen (secondary N) is 1. The van der Waals surface area contributed by atoms with Crippen LogP contribution in [-0.2, 0) is 4.79 Å². The van der Waals surface area contributed by atoms with Gasteiger partial charge in [-0.25, -0.2) is 4.98 Å². The number of nitrogens with zero attached hydrogens (tertiary/aromatic N) is 2. The van der Waals surface area contributed by atoms with Crippen LogP contribution in [0, 0.1) is 0 Å². The minimum Gasteiger partial charge on any atom is -0.480 e. The fraction of sp³-hybridized carbons (Fsp3) is 0.0769. The fourth-order valence-electron chi connectivity index (χ4n) is 1.62. The van der Waals surface area contributed by atoms with Gasteiger partial charge in [-0.2, -0.15) is 0 Å². The van der Waals surface area contributed by atoms with Crippen molar-refractivity contribution in [3.8, 4) is 0 Å². The molecular formula is C13H11N3O4. The van der Waals surface area contributed by atoms with Gasteiger partial charge in [-0.1, -0.05) is 18.2 Å². The summed E-state index contributed by atoms with van der Waals surface area (Å²) in [4.78, 5) is 41.2. The number of rotatable bonds is 4. The number of carboxylic acids is 1. The Morgan fingerprint density at radius 3 is 2.50 bits per heavy atom. The zero-order chi connectivity index (χ0) is 14.5. The van der Waals surface area contributed by atoms with E-state index in [1.54, 1.807) is 30.3 Å². The molecule has 0 saturated heterocycles. The highest BCUT2D eigenvalue weighted by atomic mass is 16.4. The quantitative estimate of drug-likeness (QED) is 0.844. The second-order valence-electron chi connectivity index (χ2n) is 3.92. The zero-order valence-corrected chi connectivity index (χ0v) is 10.3. The average Bonchev–Trinajstić information content (AvgIpc) is 2.45. The number of para-hydroxylation sites is 1. The molecule has 102 valence electrons. The van der Waals surface area contributed by atoms with Crippen molar-refractivity contribution in [3.05, 3.63) is 58.8 Å². The van der Waals surface area contributed by atoms with E-state index in [4.69, 9.17) is 5.11 Å². The SMILES string of the molecule is O=C(O)CN(C(=O)c1c[nH]c(=O)cn1)c1ccccc1. The molecule has 0 saturated carbocycles. The van der Waals surface area contributed by atoms with E-state index in [0.717, 1.165) is 17.3 Å². The number of aromatic nitrogens is 2. The van der Waals surface area contributed by atoms with Gasteiger partial charge in [0.15, 0.2) is 0 Å². The van der Waals surface area contributed by atoms with Crippen molar-refractivity contribution in [2.24, 2.45) is 0 Å². The molecule has 1 aromatic heterocycles. The van der Waals surface area contributed by atoms with Crippen LogP contribution in [0.25, 0.3) is 0 Å². The number of amides is 1. The van der Waals surface area contributed by atoms with E-state index in [2.05, 4.69) is 9.97 Å².